The van der Waals surface area contributed by atoms with Gasteiger partial charge < -0.3 is 4.90 Å². The lowest BCUT2D eigenvalue weighted by molar-refractivity contribution is 0.768. The van der Waals surface area contributed by atoms with Crippen molar-refractivity contribution in [3.63, 3.8) is 0 Å². The summed E-state index contributed by atoms with van der Waals surface area (Å²) in [7, 11) is 0. The van der Waals surface area contributed by atoms with Crippen LogP contribution in [0.3, 0.4) is 0 Å². The third-order valence-corrected chi connectivity index (χ3v) is 13.5. The van der Waals surface area contributed by atoms with Crippen LogP contribution in [0.4, 0.5) is 17.1 Å². The molecule has 0 aromatic heterocycles. The second kappa shape index (κ2) is 16.6. The summed E-state index contributed by atoms with van der Waals surface area (Å²) in [6, 6.07) is 100.0. The maximum Gasteiger partial charge on any atom is 0.0714 e. The number of benzene rings is 11. The molecular weight excluding hydrogens is 795 g/mol. The van der Waals surface area contributed by atoms with Crippen molar-refractivity contribution in [2.24, 2.45) is 0 Å². The SMILES string of the molecule is c1ccc(-c2cccc(N(c3ccc(-c4ccc(-c5cccc(-c6ccc7ccccc7c6)c5)cc4)cc3)c3cccc4c3-c3ccccc3C4(c3ccccc3)c3ccccc3)c2)cc1. The van der Waals surface area contributed by atoms with Crippen LogP contribution in [-0.2, 0) is 5.41 Å². The minimum Gasteiger partial charge on any atom is -0.310 e. The van der Waals surface area contributed by atoms with Crippen LogP contribution in [0, 0.1) is 0 Å². The predicted octanol–water partition coefficient (Wildman–Crippen LogP) is 17.3. The molecule has 0 radical (unpaired) electrons. The first-order chi connectivity index (χ1) is 32.7. The first-order valence-corrected chi connectivity index (χ1v) is 22.8. The van der Waals surface area contributed by atoms with Gasteiger partial charge in [0.2, 0.25) is 0 Å². The van der Waals surface area contributed by atoms with Gasteiger partial charge in [-0.2, -0.15) is 0 Å². The molecule has 11 aromatic carbocycles. The van der Waals surface area contributed by atoms with E-state index in [9.17, 15) is 0 Å². The molecule has 1 nitrogen and oxygen atoms in total. The van der Waals surface area contributed by atoms with E-state index in [4.69, 9.17) is 0 Å². The van der Waals surface area contributed by atoms with Gasteiger partial charge in [0, 0.05) is 16.9 Å². The summed E-state index contributed by atoms with van der Waals surface area (Å²) < 4.78 is 0. The van der Waals surface area contributed by atoms with E-state index < -0.39 is 5.41 Å². The maximum atomic E-state index is 2.46. The van der Waals surface area contributed by atoms with Crippen LogP contribution >= 0.6 is 0 Å². The van der Waals surface area contributed by atoms with Crippen LogP contribution in [0.2, 0.25) is 0 Å². The van der Waals surface area contributed by atoms with E-state index in [0.29, 0.717) is 0 Å². The number of anilines is 3. The first-order valence-electron chi connectivity index (χ1n) is 22.8. The molecule has 12 rings (SSSR count). The van der Waals surface area contributed by atoms with Gasteiger partial charge in [0.1, 0.15) is 0 Å². The van der Waals surface area contributed by atoms with Crippen molar-refractivity contribution in [2.75, 3.05) is 4.90 Å². The quantitative estimate of drug-likeness (QED) is 0.140. The van der Waals surface area contributed by atoms with Crippen LogP contribution in [-0.4, -0.2) is 0 Å². The summed E-state index contributed by atoms with van der Waals surface area (Å²) in [5, 5.41) is 2.51. The Morgan fingerprint density at radius 1 is 0.258 bits per heavy atom. The molecular formula is C65H45N. The predicted molar refractivity (Wildman–Crippen MR) is 278 cm³/mol. The van der Waals surface area contributed by atoms with Gasteiger partial charge in [0.25, 0.3) is 0 Å². The van der Waals surface area contributed by atoms with Gasteiger partial charge in [-0.1, -0.05) is 231 Å². The van der Waals surface area contributed by atoms with Crippen molar-refractivity contribution in [1.82, 2.24) is 0 Å². The molecule has 0 unspecified atom stereocenters. The second-order valence-electron chi connectivity index (χ2n) is 17.2. The van der Waals surface area contributed by atoms with Crippen LogP contribution in [0.15, 0.2) is 273 Å². The zero-order valence-electron chi connectivity index (χ0n) is 36.4. The van der Waals surface area contributed by atoms with E-state index in [2.05, 4.69) is 278 Å². The topological polar surface area (TPSA) is 3.24 Å². The lowest BCUT2D eigenvalue weighted by Gasteiger charge is -2.34. The van der Waals surface area contributed by atoms with E-state index in [1.807, 2.05) is 0 Å². The molecule has 1 aliphatic rings. The van der Waals surface area contributed by atoms with E-state index in [-0.39, 0.29) is 0 Å². The van der Waals surface area contributed by atoms with Crippen molar-refractivity contribution in [2.45, 2.75) is 5.41 Å². The standard InChI is InChI=1S/C65H45N/c1-4-17-46(18-5-1)54-23-15-28-59(45-54)66(63-32-16-31-62-64(63)60-29-12-13-30-61(60)65(62,56-24-6-2-7-25-56)57-26-8-3-9-27-57)58-41-39-49(40-42-58)48-33-35-50(36-34-48)52-21-14-22-53(43-52)55-38-37-47-19-10-11-20-51(47)44-55/h1-45H. The Hall–Kier alpha value is -8.52. The zero-order valence-corrected chi connectivity index (χ0v) is 36.4. The first kappa shape index (κ1) is 39.1. The largest absolute Gasteiger partial charge is 0.310 e. The van der Waals surface area contributed by atoms with E-state index in [1.54, 1.807) is 0 Å². The van der Waals surface area contributed by atoms with Gasteiger partial charge in [-0.3, -0.25) is 0 Å². The summed E-state index contributed by atoms with van der Waals surface area (Å²) in [4.78, 5) is 2.46. The summed E-state index contributed by atoms with van der Waals surface area (Å²) >= 11 is 0. The molecule has 0 amide bonds. The Kier molecular flexibility index (Phi) is 9.81. The molecule has 0 bridgehead atoms. The number of hydrogen-bond donors (Lipinski definition) is 0. The Morgan fingerprint density at radius 3 is 1.41 bits per heavy atom. The fraction of sp³-hybridized carbons (Fsp3) is 0.0154. The summed E-state index contributed by atoms with van der Waals surface area (Å²) in [6.07, 6.45) is 0. The minimum absolute atomic E-state index is 0.504. The molecule has 0 N–H and O–H groups in total. The Morgan fingerprint density at radius 2 is 0.712 bits per heavy atom. The molecule has 0 fully saturated rings. The van der Waals surface area contributed by atoms with Crippen molar-refractivity contribution < 1.29 is 0 Å². The molecule has 1 heteroatoms. The number of nitrogens with zero attached hydrogens (tertiary/aromatic N) is 1. The van der Waals surface area contributed by atoms with Crippen LogP contribution in [0.1, 0.15) is 22.3 Å². The van der Waals surface area contributed by atoms with Gasteiger partial charge in [0.05, 0.1) is 11.1 Å². The highest BCUT2D eigenvalue weighted by Gasteiger charge is 2.47. The summed E-state index contributed by atoms with van der Waals surface area (Å²) in [5.74, 6) is 0. The lowest BCUT2D eigenvalue weighted by Crippen LogP contribution is -2.28. The van der Waals surface area contributed by atoms with E-state index in [1.165, 1.54) is 88.7 Å². The Bertz CT molecular complexity index is 3460. The monoisotopic (exact) mass is 839 g/mol. The molecule has 0 saturated heterocycles. The highest BCUT2D eigenvalue weighted by molar-refractivity contribution is 5.98. The highest BCUT2D eigenvalue weighted by atomic mass is 15.1. The maximum absolute atomic E-state index is 2.46. The molecule has 0 saturated carbocycles. The Labute approximate surface area is 387 Å². The normalized spacial score (nSPS) is 12.4. The van der Waals surface area contributed by atoms with Crippen LogP contribution in [0.25, 0.3) is 66.4 Å². The number of rotatable bonds is 9. The minimum atomic E-state index is -0.504. The summed E-state index contributed by atoms with van der Waals surface area (Å²) in [5.41, 5.74) is 20.0. The molecule has 310 valence electrons. The summed E-state index contributed by atoms with van der Waals surface area (Å²) in [6.45, 7) is 0. The average molecular weight is 840 g/mol. The molecule has 0 spiro atoms. The average Bonchev–Trinajstić information content (AvgIpc) is 3.71. The van der Waals surface area contributed by atoms with E-state index >= 15 is 0 Å². The third kappa shape index (κ3) is 6.73. The molecule has 0 heterocycles. The second-order valence-corrected chi connectivity index (χ2v) is 17.2. The van der Waals surface area contributed by atoms with Gasteiger partial charge in [-0.25, -0.2) is 0 Å². The lowest BCUT2D eigenvalue weighted by atomic mass is 9.68. The van der Waals surface area contributed by atoms with E-state index in [0.717, 1.165) is 17.1 Å². The fourth-order valence-electron chi connectivity index (χ4n) is 10.4. The molecule has 1 aliphatic carbocycles. The van der Waals surface area contributed by atoms with Gasteiger partial charge >= 0.3 is 0 Å². The molecule has 0 aliphatic heterocycles. The number of fused-ring (bicyclic) bond motifs is 4. The van der Waals surface area contributed by atoms with Crippen LogP contribution < -0.4 is 4.90 Å². The fourth-order valence-corrected chi connectivity index (χ4v) is 10.4. The molecule has 11 aromatic rings. The smallest absolute Gasteiger partial charge is 0.0714 e. The van der Waals surface area contributed by atoms with Crippen molar-refractivity contribution >= 4 is 27.8 Å². The Balaban J connectivity index is 0.960. The van der Waals surface area contributed by atoms with Gasteiger partial charge in [-0.05, 0) is 126 Å². The van der Waals surface area contributed by atoms with Gasteiger partial charge in [-0.15, -0.1) is 0 Å². The van der Waals surface area contributed by atoms with Crippen molar-refractivity contribution in [3.05, 3.63) is 295 Å². The van der Waals surface area contributed by atoms with Gasteiger partial charge in [0.15, 0.2) is 0 Å². The highest BCUT2D eigenvalue weighted by Crippen LogP contribution is 2.59. The number of hydrogen-bond acceptors (Lipinski definition) is 1. The molecule has 0 atom stereocenters. The zero-order chi connectivity index (χ0) is 43.9. The van der Waals surface area contributed by atoms with Crippen molar-refractivity contribution in [1.29, 1.82) is 0 Å². The van der Waals surface area contributed by atoms with Crippen LogP contribution in [0.5, 0.6) is 0 Å². The van der Waals surface area contributed by atoms with Crippen molar-refractivity contribution in [3.8, 4) is 55.6 Å². The third-order valence-electron chi connectivity index (χ3n) is 13.5. The molecule has 66 heavy (non-hydrogen) atoms.